The fourth-order valence-corrected chi connectivity index (χ4v) is 2.12. The molecule has 1 amide bonds. The molecule has 1 heterocycles. The van der Waals surface area contributed by atoms with Crippen LogP contribution in [0.4, 0.5) is 0 Å². The van der Waals surface area contributed by atoms with Crippen LogP contribution in [0.2, 0.25) is 0 Å². The van der Waals surface area contributed by atoms with E-state index >= 15 is 0 Å². The number of benzene rings is 1. The topological polar surface area (TPSA) is 69.6 Å². The van der Waals surface area contributed by atoms with Crippen LogP contribution in [0.25, 0.3) is 0 Å². The van der Waals surface area contributed by atoms with Crippen molar-refractivity contribution in [2.75, 3.05) is 13.1 Å². The first-order chi connectivity index (χ1) is 9.10. The van der Waals surface area contributed by atoms with Crippen molar-refractivity contribution in [2.24, 2.45) is 0 Å². The van der Waals surface area contributed by atoms with E-state index in [0.717, 1.165) is 11.1 Å². The number of aromatic carboxylic acids is 1. The first-order valence-electron chi connectivity index (χ1n) is 5.88. The molecule has 98 valence electrons. The lowest BCUT2D eigenvalue weighted by atomic mass is 10.1. The minimum Gasteiger partial charge on any atom is -0.478 e. The lowest BCUT2D eigenvalue weighted by Gasteiger charge is -2.13. The summed E-state index contributed by atoms with van der Waals surface area (Å²) in [5.74, 6) is 1.29. The average Bonchev–Trinajstić information content (AvgIpc) is 2.77. The molecule has 0 saturated carbocycles. The normalized spacial score (nSPS) is 13.6. The molecule has 0 aromatic heterocycles. The predicted octanol–water partition coefficient (Wildman–Crippen LogP) is 0.450. The molecular weight excluding hydrogens is 244 g/mol. The van der Waals surface area contributed by atoms with E-state index in [1.54, 1.807) is 18.2 Å². The Labute approximate surface area is 111 Å². The molecule has 2 rings (SSSR count). The lowest BCUT2D eigenvalue weighted by molar-refractivity contribution is -0.122. The Morgan fingerprint density at radius 1 is 1.37 bits per heavy atom. The van der Waals surface area contributed by atoms with Gasteiger partial charge < -0.3 is 10.4 Å². The van der Waals surface area contributed by atoms with Gasteiger partial charge in [0, 0.05) is 13.1 Å². The molecule has 5 nitrogen and oxygen atoms in total. The highest BCUT2D eigenvalue weighted by Crippen LogP contribution is 2.23. The summed E-state index contributed by atoms with van der Waals surface area (Å²) in [7, 11) is 0. The Hall–Kier alpha value is -2.32. The number of terminal acetylenes is 1. The summed E-state index contributed by atoms with van der Waals surface area (Å²) >= 11 is 0. The van der Waals surface area contributed by atoms with E-state index < -0.39 is 5.97 Å². The van der Waals surface area contributed by atoms with E-state index in [1.807, 2.05) is 4.90 Å². The van der Waals surface area contributed by atoms with Gasteiger partial charge in [-0.05, 0) is 23.3 Å². The SMILES string of the molecule is C#CCNC(=O)CN1Cc2ccc(C(=O)O)cc2C1. The summed E-state index contributed by atoms with van der Waals surface area (Å²) in [6, 6.07) is 5.05. The van der Waals surface area contributed by atoms with Crippen molar-refractivity contribution in [1.29, 1.82) is 0 Å². The third-order valence-corrected chi connectivity index (χ3v) is 3.00. The highest BCUT2D eigenvalue weighted by molar-refractivity contribution is 5.88. The summed E-state index contributed by atoms with van der Waals surface area (Å²) in [5, 5.41) is 11.5. The van der Waals surface area contributed by atoms with E-state index in [-0.39, 0.29) is 24.6 Å². The first kappa shape index (κ1) is 13.1. The molecule has 1 aliphatic heterocycles. The van der Waals surface area contributed by atoms with Gasteiger partial charge in [-0.1, -0.05) is 12.0 Å². The Kier molecular flexibility index (Phi) is 3.83. The quantitative estimate of drug-likeness (QED) is 0.769. The smallest absolute Gasteiger partial charge is 0.335 e. The summed E-state index contributed by atoms with van der Waals surface area (Å²) in [6.07, 6.45) is 5.06. The third-order valence-electron chi connectivity index (χ3n) is 3.00. The number of carboxylic acid groups (broad SMARTS) is 1. The minimum absolute atomic E-state index is 0.121. The maximum absolute atomic E-state index is 11.5. The van der Waals surface area contributed by atoms with Crippen molar-refractivity contribution in [2.45, 2.75) is 13.1 Å². The second-order valence-electron chi connectivity index (χ2n) is 4.41. The number of carbonyl (C=O) groups is 2. The van der Waals surface area contributed by atoms with Crippen LogP contribution in [0.15, 0.2) is 18.2 Å². The van der Waals surface area contributed by atoms with Crippen LogP contribution in [0.1, 0.15) is 21.5 Å². The second kappa shape index (κ2) is 5.55. The number of hydrogen-bond donors (Lipinski definition) is 2. The lowest BCUT2D eigenvalue weighted by Crippen LogP contribution is -2.34. The maximum atomic E-state index is 11.5. The number of amides is 1. The van der Waals surface area contributed by atoms with Crippen LogP contribution in [-0.2, 0) is 17.9 Å². The number of hydrogen-bond acceptors (Lipinski definition) is 3. The van der Waals surface area contributed by atoms with Crippen LogP contribution in [0, 0.1) is 12.3 Å². The summed E-state index contributed by atoms with van der Waals surface area (Å²) in [6.45, 7) is 1.72. The molecule has 0 saturated heterocycles. The van der Waals surface area contributed by atoms with Gasteiger partial charge in [0.2, 0.25) is 5.91 Å². The van der Waals surface area contributed by atoms with Gasteiger partial charge in [0.25, 0.3) is 0 Å². The van der Waals surface area contributed by atoms with Gasteiger partial charge in [-0.2, -0.15) is 0 Å². The van der Waals surface area contributed by atoms with Gasteiger partial charge in [-0.3, -0.25) is 9.69 Å². The molecule has 2 N–H and O–H groups in total. The van der Waals surface area contributed by atoms with E-state index in [0.29, 0.717) is 13.1 Å². The molecule has 0 bridgehead atoms. The van der Waals surface area contributed by atoms with Gasteiger partial charge >= 0.3 is 5.97 Å². The van der Waals surface area contributed by atoms with Crippen molar-refractivity contribution < 1.29 is 14.7 Å². The molecule has 1 aromatic rings. The Balaban J connectivity index is 1.98. The second-order valence-corrected chi connectivity index (χ2v) is 4.41. The summed E-state index contributed by atoms with van der Waals surface area (Å²) in [4.78, 5) is 24.4. The summed E-state index contributed by atoms with van der Waals surface area (Å²) in [5.41, 5.74) is 2.30. The largest absolute Gasteiger partial charge is 0.478 e. The summed E-state index contributed by atoms with van der Waals surface area (Å²) < 4.78 is 0. The fraction of sp³-hybridized carbons (Fsp3) is 0.286. The van der Waals surface area contributed by atoms with Crippen molar-refractivity contribution >= 4 is 11.9 Å². The number of rotatable bonds is 4. The van der Waals surface area contributed by atoms with Crippen LogP contribution < -0.4 is 5.32 Å². The van der Waals surface area contributed by atoms with E-state index in [1.165, 1.54) is 0 Å². The minimum atomic E-state index is -0.937. The Morgan fingerprint density at radius 2 is 2.11 bits per heavy atom. The molecule has 0 fully saturated rings. The van der Waals surface area contributed by atoms with Crippen molar-refractivity contribution in [3.63, 3.8) is 0 Å². The molecule has 19 heavy (non-hydrogen) atoms. The Bertz CT molecular complexity index is 560. The third kappa shape index (κ3) is 3.12. The highest BCUT2D eigenvalue weighted by atomic mass is 16.4. The number of carboxylic acids is 1. The van der Waals surface area contributed by atoms with E-state index in [2.05, 4.69) is 11.2 Å². The molecular formula is C14H14N2O3. The molecule has 0 atom stereocenters. The number of nitrogens with zero attached hydrogens (tertiary/aromatic N) is 1. The molecule has 0 unspecified atom stereocenters. The van der Waals surface area contributed by atoms with Crippen LogP contribution in [0.5, 0.6) is 0 Å². The zero-order chi connectivity index (χ0) is 13.8. The van der Waals surface area contributed by atoms with E-state index in [9.17, 15) is 9.59 Å². The molecule has 0 spiro atoms. The van der Waals surface area contributed by atoms with Gasteiger partial charge in [0.05, 0.1) is 18.7 Å². The molecule has 1 aromatic carbocycles. The maximum Gasteiger partial charge on any atom is 0.335 e. The first-order valence-corrected chi connectivity index (χ1v) is 5.88. The molecule has 1 aliphatic rings. The predicted molar refractivity (Wildman–Crippen MR) is 69.4 cm³/mol. The van der Waals surface area contributed by atoms with Gasteiger partial charge in [0.1, 0.15) is 0 Å². The van der Waals surface area contributed by atoms with Crippen LogP contribution in [0.3, 0.4) is 0 Å². The van der Waals surface area contributed by atoms with Crippen molar-refractivity contribution in [3.8, 4) is 12.3 Å². The van der Waals surface area contributed by atoms with Gasteiger partial charge in [0.15, 0.2) is 0 Å². The molecule has 0 radical (unpaired) electrons. The number of fused-ring (bicyclic) bond motifs is 1. The molecule has 5 heteroatoms. The van der Waals surface area contributed by atoms with Crippen LogP contribution in [-0.4, -0.2) is 35.0 Å². The average molecular weight is 258 g/mol. The molecule has 0 aliphatic carbocycles. The van der Waals surface area contributed by atoms with Crippen LogP contribution >= 0.6 is 0 Å². The van der Waals surface area contributed by atoms with Gasteiger partial charge in [-0.25, -0.2) is 4.79 Å². The van der Waals surface area contributed by atoms with Crippen molar-refractivity contribution in [3.05, 3.63) is 34.9 Å². The highest BCUT2D eigenvalue weighted by Gasteiger charge is 2.21. The zero-order valence-electron chi connectivity index (χ0n) is 10.3. The van der Waals surface area contributed by atoms with Gasteiger partial charge in [-0.15, -0.1) is 6.42 Å². The zero-order valence-corrected chi connectivity index (χ0v) is 10.3. The fourth-order valence-electron chi connectivity index (χ4n) is 2.12. The van der Waals surface area contributed by atoms with Crippen molar-refractivity contribution in [1.82, 2.24) is 10.2 Å². The standard InChI is InChI=1S/C14H14N2O3/c1-2-5-15-13(17)9-16-7-11-4-3-10(14(18)19)6-12(11)8-16/h1,3-4,6H,5,7-9H2,(H,15,17)(H,18,19). The Morgan fingerprint density at radius 3 is 2.79 bits per heavy atom. The van der Waals surface area contributed by atoms with E-state index in [4.69, 9.17) is 11.5 Å². The number of carbonyl (C=O) groups excluding carboxylic acids is 1. The number of nitrogens with one attached hydrogen (secondary N) is 1. The monoisotopic (exact) mass is 258 g/mol.